The lowest BCUT2D eigenvalue weighted by Crippen LogP contribution is -2.47. The molecule has 7 nitrogen and oxygen atoms in total. The van der Waals surface area contributed by atoms with E-state index >= 15 is 0 Å². The summed E-state index contributed by atoms with van der Waals surface area (Å²) in [5, 5.41) is 17.6. The maximum atomic E-state index is 11.9. The van der Waals surface area contributed by atoms with Gasteiger partial charge in [-0.3, -0.25) is 4.79 Å². The quantitative estimate of drug-likeness (QED) is 0.644. The van der Waals surface area contributed by atoms with Gasteiger partial charge in [0.15, 0.2) is 0 Å². The molecule has 0 heterocycles. The standard InChI is InChI=1S/C11H21N3O4S/c1-4-5-6-10(11(15)16)13-19(17,18)14(3)8-9(2)7-12/h9-10,13H,4-6,8H2,1-3H3,(H,15,16). The Morgan fingerprint density at radius 3 is 2.53 bits per heavy atom. The summed E-state index contributed by atoms with van der Waals surface area (Å²) < 4.78 is 26.9. The van der Waals surface area contributed by atoms with E-state index in [4.69, 9.17) is 10.4 Å². The predicted octanol–water partition coefficient (Wildman–Crippen LogP) is 0.556. The molecule has 2 N–H and O–H groups in total. The number of rotatable bonds is 9. The summed E-state index contributed by atoms with van der Waals surface area (Å²) in [6, 6.07) is 0.794. The van der Waals surface area contributed by atoms with E-state index in [0.29, 0.717) is 6.42 Å². The fourth-order valence-corrected chi connectivity index (χ4v) is 2.61. The Morgan fingerprint density at radius 1 is 1.53 bits per heavy atom. The van der Waals surface area contributed by atoms with Gasteiger partial charge in [-0.1, -0.05) is 19.8 Å². The number of carboxylic acid groups (broad SMARTS) is 1. The lowest BCUT2D eigenvalue weighted by Gasteiger charge is -2.21. The van der Waals surface area contributed by atoms with Crippen molar-refractivity contribution in [1.29, 1.82) is 5.26 Å². The van der Waals surface area contributed by atoms with Crippen LogP contribution in [0, 0.1) is 17.2 Å². The number of hydrogen-bond acceptors (Lipinski definition) is 4. The Labute approximate surface area is 114 Å². The van der Waals surface area contributed by atoms with E-state index in [0.717, 1.165) is 10.7 Å². The lowest BCUT2D eigenvalue weighted by atomic mass is 10.1. The van der Waals surface area contributed by atoms with Gasteiger partial charge in [0.05, 0.1) is 12.0 Å². The molecule has 110 valence electrons. The number of hydrogen-bond donors (Lipinski definition) is 2. The highest BCUT2D eigenvalue weighted by atomic mass is 32.2. The van der Waals surface area contributed by atoms with Crippen molar-refractivity contribution in [3.63, 3.8) is 0 Å². The molecule has 0 radical (unpaired) electrons. The molecule has 0 aromatic carbocycles. The molecule has 0 aromatic heterocycles. The number of nitrogens with zero attached hydrogens (tertiary/aromatic N) is 2. The zero-order valence-corrected chi connectivity index (χ0v) is 12.3. The van der Waals surface area contributed by atoms with Gasteiger partial charge >= 0.3 is 5.97 Å². The summed E-state index contributed by atoms with van der Waals surface area (Å²) in [4.78, 5) is 11.0. The topological polar surface area (TPSA) is 111 Å². The molecule has 0 rings (SSSR count). The third-order valence-electron chi connectivity index (χ3n) is 2.60. The minimum Gasteiger partial charge on any atom is -0.480 e. The Balaban J connectivity index is 4.71. The average molecular weight is 291 g/mol. The van der Waals surface area contributed by atoms with E-state index in [1.165, 1.54) is 7.05 Å². The van der Waals surface area contributed by atoms with Crippen molar-refractivity contribution in [2.45, 2.75) is 39.2 Å². The van der Waals surface area contributed by atoms with Crippen LogP contribution in [0.3, 0.4) is 0 Å². The summed E-state index contributed by atoms with van der Waals surface area (Å²) in [6.45, 7) is 3.51. The van der Waals surface area contributed by atoms with E-state index < -0.39 is 28.1 Å². The molecule has 0 saturated heterocycles. The van der Waals surface area contributed by atoms with Crippen LogP contribution >= 0.6 is 0 Å². The molecule has 0 saturated carbocycles. The van der Waals surface area contributed by atoms with Gasteiger partial charge in [-0.25, -0.2) is 0 Å². The van der Waals surface area contributed by atoms with Crippen LogP contribution in [0.5, 0.6) is 0 Å². The highest BCUT2D eigenvalue weighted by Gasteiger charge is 2.27. The molecule has 8 heteroatoms. The van der Waals surface area contributed by atoms with Crippen LogP contribution < -0.4 is 4.72 Å². The van der Waals surface area contributed by atoms with Crippen LogP contribution in [0.1, 0.15) is 33.1 Å². The normalized spacial score (nSPS) is 14.9. The number of carbonyl (C=O) groups is 1. The fourth-order valence-electron chi connectivity index (χ4n) is 1.44. The van der Waals surface area contributed by atoms with Crippen LogP contribution in [-0.2, 0) is 15.0 Å². The molecule has 0 amide bonds. The van der Waals surface area contributed by atoms with Crippen LogP contribution in [0.25, 0.3) is 0 Å². The van der Waals surface area contributed by atoms with Gasteiger partial charge in [-0.2, -0.15) is 22.7 Å². The zero-order valence-electron chi connectivity index (χ0n) is 11.5. The minimum absolute atomic E-state index is 0.0198. The molecule has 0 aliphatic heterocycles. The number of unbranched alkanes of at least 4 members (excludes halogenated alkanes) is 1. The lowest BCUT2D eigenvalue weighted by molar-refractivity contribution is -0.139. The Kier molecular flexibility index (Phi) is 7.59. The van der Waals surface area contributed by atoms with Crippen molar-refractivity contribution < 1.29 is 18.3 Å². The predicted molar refractivity (Wildman–Crippen MR) is 70.4 cm³/mol. The Morgan fingerprint density at radius 2 is 2.11 bits per heavy atom. The van der Waals surface area contributed by atoms with Crippen molar-refractivity contribution in [3.05, 3.63) is 0 Å². The number of nitriles is 1. The van der Waals surface area contributed by atoms with E-state index in [-0.39, 0.29) is 13.0 Å². The highest BCUT2D eigenvalue weighted by molar-refractivity contribution is 7.87. The summed E-state index contributed by atoms with van der Waals surface area (Å²) in [6.07, 6.45) is 1.65. The SMILES string of the molecule is CCCCC(NS(=O)(=O)N(C)CC(C)C#N)C(=O)O. The third kappa shape index (κ3) is 6.52. The van der Waals surface area contributed by atoms with Gasteiger partial charge in [0.2, 0.25) is 0 Å². The first kappa shape index (κ1) is 17.8. The van der Waals surface area contributed by atoms with Crippen LogP contribution in [-0.4, -0.2) is 43.4 Å². The minimum atomic E-state index is -3.89. The maximum absolute atomic E-state index is 11.9. The molecular formula is C11H21N3O4S. The maximum Gasteiger partial charge on any atom is 0.321 e. The molecule has 0 spiro atoms. The van der Waals surface area contributed by atoms with E-state index in [1.54, 1.807) is 6.92 Å². The van der Waals surface area contributed by atoms with Gasteiger partial charge < -0.3 is 5.11 Å². The van der Waals surface area contributed by atoms with Gasteiger partial charge in [0, 0.05) is 13.6 Å². The first-order chi connectivity index (χ1) is 8.74. The first-order valence-electron chi connectivity index (χ1n) is 6.10. The second-order valence-electron chi connectivity index (χ2n) is 4.47. The summed E-state index contributed by atoms with van der Waals surface area (Å²) in [5.74, 6) is -1.65. The molecule has 0 fully saturated rings. The molecule has 0 aromatic rings. The second kappa shape index (κ2) is 8.09. The van der Waals surface area contributed by atoms with Crippen molar-refractivity contribution in [3.8, 4) is 6.07 Å². The average Bonchev–Trinajstić information content (AvgIpc) is 2.33. The number of aliphatic carboxylic acids is 1. The van der Waals surface area contributed by atoms with E-state index in [2.05, 4.69) is 4.72 Å². The molecule has 2 unspecified atom stereocenters. The molecule has 0 aliphatic rings. The van der Waals surface area contributed by atoms with Crippen LogP contribution in [0.2, 0.25) is 0 Å². The largest absolute Gasteiger partial charge is 0.480 e. The second-order valence-corrected chi connectivity index (χ2v) is 6.28. The van der Waals surface area contributed by atoms with E-state index in [9.17, 15) is 13.2 Å². The van der Waals surface area contributed by atoms with Crippen molar-refractivity contribution in [1.82, 2.24) is 9.03 Å². The molecular weight excluding hydrogens is 270 g/mol. The smallest absolute Gasteiger partial charge is 0.321 e. The molecule has 2 atom stereocenters. The summed E-state index contributed by atoms with van der Waals surface area (Å²) in [7, 11) is -2.57. The van der Waals surface area contributed by atoms with Crippen molar-refractivity contribution in [2.75, 3.05) is 13.6 Å². The van der Waals surface area contributed by atoms with Crippen LogP contribution in [0.15, 0.2) is 0 Å². The van der Waals surface area contributed by atoms with Gasteiger partial charge in [-0.05, 0) is 13.3 Å². The Hall–Kier alpha value is -1.17. The highest BCUT2D eigenvalue weighted by Crippen LogP contribution is 2.06. The van der Waals surface area contributed by atoms with E-state index in [1.807, 2.05) is 13.0 Å². The van der Waals surface area contributed by atoms with Gasteiger partial charge in [-0.15, -0.1) is 0 Å². The van der Waals surface area contributed by atoms with Gasteiger partial charge in [0.25, 0.3) is 10.2 Å². The molecule has 19 heavy (non-hydrogen) atoms. The molecule has 0 bridgehead atoms. The number of carboxylic acids is 1. The zero-order chi connectivity index (χ0) is 15.1. The summed E-state index contributed by atoms with van der Waals surface area (Å²) in [5.41, 5.74) is 0. The van der Waals surface area contributed by atoms with Crippen molar-refractivity contribution in [2.24, 2.45) is 5.92 Å². The van der Waals surface area contributed by atoms with Crippen molar-refractivity contribution >= 4 is 16.2 Å². The molecule has 0 aliphatic carbocycles. The van der Waals surface area contributed by atoms with Crippen LogP contribution in [0.4, 0.5) is 0 Å². The summed E-state index contributed by atoms with van der Waals surface area (Å²) >= 11 is 0. The third-order valence-corrected chi connectivity index (χ3v) is 4.15. The number of nitrogens with one attached hydrogen (secondary N) is 1. The monoisotopic (exact) mass is 291 g/mol. The van der Waals surface area contributed by atoms with Gasteiger partial charge in [0.1, 0.15) is 6.04 Å². The fraction of sp³-hybridized carbons (Fsp3) is 0.818. The Bertz CT molecular complexity index is 430. The first-order valence-corrected chi connectivity index (χ1v) is 7.54.